The summed E-state index contributed by atoms with van der Waals surface area (Å²) in [6.07, 6.45) is 1.76. The van der Waals surface area contributed by atoms with E-state index in [2.05, 4.69) is 5.32 Å². The van der Waals surface area contributed by atoms with E-state index in [4.69, 9.17) is 4.74 Å². The Morgan fingerprint density at radius 1 is 1.50 bits per heavy atom. The molecule has 0 fully saturated rings. The Kier molecular flexibility index (Phi) is 2.79. The van der Waals surface area contributed by atoms with Gasteiger partial charge >= 0.3 is 0 Å². The average molecular weight is 195 g/mol. The van der Waals surface area contributed by atoms with Crippen LogP contribution in [0.1, 0.15) is 23.8 Å². The Balaban J connectivity index is 2.39. The van der Waals surface area contributed by atoms with Gasteiger partial charge in [0.1, 0.15) is 12.0 Å². The van der Waals surface area contributed by atoms with Gasteiger partial charge in [-0.1, -0.05) is 6.07 Å². The number of rotatable bonds is 1. The first-order valence-electron chi connectivity index (χ1n) is 4.88. The minimum Gasteiger partial charge on any atom is -0.359 e. The van der Waals surface area contributed by atoms with Gasteiger partial charge in [0.2, 0.25) is 0 Å². The van der Waals surface area contributed by atoms with Gasteiger partial charge in [-0.05, 0) is 43.1 Å². The SMILES string of the molecule is CNC1OCCCc2cc(F)ccc21. The number of nitrogens with one attached hydrogen (secondary N) is 1. The van der Waals surface area contributed by atoms with E-state index in [1.54, 1.807) is 12.1 Å². The lowest BCUT2D eigenvalue weighted by Gasteiger charge is -2.16. The highest BCUT2D eigenvalue weighted by Crippen LogP contribution is 2.24. The van der Waals surface area contributed by atoms with Crippen molar-refractivity contribution in [3.8, 4) is 0 Å². The van der Waals surface area contributed by atoms with Gasteiger partial charge in [0.25, 0.3) is 0 Å². The van der Waals surface area contributed by atoms with Gasteiger partial charge in [-0.15, -0.1) is 0 Å². The van der Waals surface area contributed by atoms with Crippen molar-refractivity contribution in [2.75, 3.05) is 13.7 Å². The fraction of sp³-hybridized carbons (Fsp3) is 0.455. The number of fused-ring (bicyclic) bond motifs is 1. The molecule has 0 aromatic heterocycles. The molecule has 1 aliphatic rings. The molecule has 3 heteroatoms. The third kappa shape index (κ3) is 1.79. The fourth-order valence-electron chi connectivity index (χ4n) is 1.84. The number of hydrogen-bond acceptors (Lipinski definition) is 2. The van der Waals surface area contributed by atoms with Crippen LogP contribution in [0.3, 0.4) is 0 Å². The Morgan fingerprint density at radius 2 is 2.36 bits per heavy atom. The van der Waals surface area contributed by atoms with E-state index < -0.39 is 0 Å². The van der Waals surface area contributed by atoms with E-state index in [1.165, 1.54) is 6.07 Å². The molecule has 1 atom stereocenters. The predicted octanol–water partition coefficient (Wildman–Crippen LogP) is 2.01. The first-order chi connectivity index (χ1) is 6.81. The monoisotopic (exact) mass is 195 g/mol. The van der Waals surface area contributed by atoms with Crippen LogP contribution in [-0.4, -0.2) is 13.7 Å². The number of halogens is 1. The second-order valence-corrected chi connectivity index (χ2v) is 3.49. The highest BCUT2D eigenvalue weighted by molar-refractivity contribution is 5.30. The van der Waals surface area contributed by atoms with Crippen LogP contribution in [0.5, 0.6) is 0 Å². The van der Waals surface area contributed by atoms with Gasteiger partial charge in [0.15, 0.2) is 0 Å². The molecule has 0 saturated carbocycles. The van der Waals surface area contributed by atoms with Crippen molar-refractivity contribution in [3.05, 3.63) is 35.1 Å². The number of aryl methyl sites for hydroxylation is 1. The van der Waals surface area contributed by atoms with Gasteiger partial charge < -0.3 is 4.74 Å². The first-order valence-corrected chi connectivity index (χ1v) is 4.88. The molecule has 0 bridgehead atoms. The van der Waals surface area contributed by atoms with Crippen molar-refractivity contribution in [2.24, 2.45) is 0 Å². The Hall–Kier alpha value is -0.930. The van der Waals surface area contributed by atoms with Crippen molar-refractivity contribution in [1.29, 1.82) is 0 Å². The Bertz CT molecular complexity index is 327. The van der Waals surface area contributed by atoms with Crippen LogP contribution in [0, 0.1) is 5.82 Å². The van der Waals surface area contributed by atoms with Crippen molar-refractivity contribution in [1.82, 2.24) is 5.32 Å². The summed E-state index contributed by atoms with van der Waals surface area (Å²) in [6, 6.07) is 4.89. The molecule has 14 heavy (non-hydrogen) atoms. The van der Waals surface area contributed by atoms with Gasteiger partial charge in [-0.3, -0.25) is 5.32 Å². The lowest BCUT2D eigenvalue weighted by Crippen LogP contribution is -2.19. The third-order valence-corrected chi connectivity index (χ3v) is 2.52. The molecular formula is C11H14FNO. The van der Waals surface area contributed by atoms with E-state index in [1.807, 2.05) is 7.05 Å². The minimum atomic E-state index is -0.166. The first kappa shape index (κ1) is 9.62. The maximum atomic E-state index is 13.0. The van der Waals surface area contributed by atoms with Crippen LogP contribution in [0.25, 0.3) is 0 Å². The van der Waals surface area contributed by atoms with Crippen molar-refractivity contribution < 1.29 is 9.13 Å². The highest BCUT2D eigenvalue weighted by atomic mass is 19.1. The summed E-state index contributed by atoms with van der Waals surface area (Å²) in [6.45, 7) is 0.724. The topological polar surface area (TPSA) is 21.3 Å². The molecule has 1 unspecified atom stereocenters. The molecule has 0 aliphatic carbocycles. The van der Waals surface area contributed by atoms with Gasteiger partial charge in [-0.2, -0.15) is 0 Å². The van der Waals surface area contributed by atoms with E-state index in [-0.39, 0.29) is 12.0 Å². The summed E-state index contributed by atoms with van der Waals surface area (Å²) in [5.41, 5.74) is 2.12. The summed E-state index contributed by atoms with van der Waals surface area (Å²) in [7, 11) is 1.85. The second kappa shape index (κ2) is 4.07. The summed E-state index contributed by atoms with van der Waals surface area (Å²) < 4.78 is 18.6. The molecule has 2 rings (SSSR count). The molecule has 1 aliphatic heterocycles. The Morgan fingerprint density at radius 3 is 3.14 bits per heavy atom. The van der Waals surface area contributed by atoms with Gasteiger partial charge in [0, 0.05) is 6.61 Å². The van der Waals surface area contributed by atoms with Crippen molar-refractivity contribution in [2.45, 2.75) is 19.1 Å². The molecule has 1 aromatic rings. The fourth-order valence-corrected chi connectivity index (χ4v) is 1.84. The highest BCUT2D eigenvalue weighted by Gasteiger charge is 2.17. The summed E-state index contributed by atoms with van der Waals surface area (Å²) >= 11 is 0. The quantitative estimate of drug-likeness (QED) is 0.740. The third-order valence-electron chi connectivity index (χ3n) is 2.52. The second-order valence-electron chi connectivity index (χ2n) is 3.49. The molecule has 0 spiro atoms. The molecule has 1 N–H and O–H groups in total. The van der Waals surface area contributed by atoms with E-state index in [0.29, 0.717) is 0 Å². The molecule has 76 valence electrons. The molecule has 1 heterocycles. The zero-order chi connectivity index (χ0) is 9.97. The lowest BCUT2D eigenvalue weighted by molar-refractivity contribution is 0.0379. The summed E-state index contributed by atoms with van der Waals surface area (Å²) in [5, 5.41) is 3.07. The number of benzene rings is 1. The normalized spacial score (nSPS) is 21.4. The van der Waals surface area contributed by atoms with Crippen LogP contribution >= 0.6 is 0 Å². The Labute approximate surface area is 83.1 Å². The average Bonchev–Trinajstić information content (AvgIpc) is 2.38. The zero-order valence-electron chi connectivity index (χ0n) is 8.22. The largest absolute Gasteiger partial charge is 0.359 e. The van der Waals surface area contributed by atoms with Crippen molar-refractivity contribution in [3.63, 3.8) is 0 Å². The van der Waals surface area contributed by atoms with Crippen LogP contribution in [0.4, 0.5) is 4.39 Å². The van der Waals surface area contributed by atoms with Crippen LogP contribution < -0.4 is 5.32 Å². The lowest BCUT2D eigenvalue weighted by atomic mass is 10.0. The van der Waals surface area contributed by atoms with Crippen molar-refractivity contribution >= 4 is 0 Å². The smallest absolute Gasteiger partial charge is 0.134 e. The van der Waals surface area contributed by atoms with Gasteiger partial charge in [0.05, 0.1) is 0 Å². The number of hydrogen-bond donors (Lipinski definition) is 1. The minimum absolute atomic E-state index is 0.0897. The maximum absolute atomic E-state index is 13.0. The molecule has 0 saturated heterocycles. The summed E-state index contributed by atoms with van der Waals surface area (Å²) in [4.78, 5) is 0. The number of ether oxygens (including phenoxy) is 1. The molecule has 1 aromatic carbocycles. The van der Waals surface area contributed by atoms with Crippen LogP contribution in [-0.2, 0) is 11.2 Å². The standard InChI is InChI=1S/C11H14FNO/c1-13-11-10-5-4-9(12)7-8(10)3-2-6-14-11/h4-5,7,11,13H,2-3,6H2,1H3. The van der Waals surface area contributed by atoms with Gasteiger partial charge in [-0.25, -0.2) is 4.39 Å². The molecule has 0 amide bonds. The van der Waals surface area contributed by atoms with E-state index >= 15 is 0 Å². The zero-order valence-corrected chi connectivity index (χ0v) is 8.22. The molecule has 0 radical (unpaired) electrons. The van der Waals surface area contributed by atoms with Crippen LogP contribution in [0.2, 0.25) is 0 Å². The molecular weight excluding hydrogens is 181 g/mol. The van der Waals surface area contributed by atoms with Crippen LogP contribution in [0.15, 0.2) is 18.2 Å². The summed E-state index contributed by atoms with van der Waals surface area (Å²) in [5.74, 6) is -0.166. The molecule has 2 nitrogen and oxygen atoms in total. The predicted molar refractivity (Wildman–Crippen MR) is 52.5 cm³/mol. The maximum Gasteiger partial charge on any atom is 0.134 e. The van der Waals surface area contributed by atoms with E-state index in [9.17, 15) is 4.39 Å². The van der Waals surface area contributed by atoms with E-state index in [0.717, 1.165) is 30.6 Å².